The molecule has 86 valence electrons. The minimum atomic E-state index is -0.260. The van der Waals surface area contributed by atoms with E-state index in [0.29, 0.717) is 22.9 Å². The van der Waals surface area contributed by atoms with Gasteiger partial charge in [-0.1, -0.05) is 23.7 Å². The van der Waals surface area contributed by atoms with Crippen LogP contribution in [-0.2, 0) is 11.2 Å². The topological polar surface area (TPSA) is 39.2 Å². The van der Waals surface area contributed by atoms with Crippen molar-refractivity contribution in [3.05, 3.63) is 39.9 Å². The fourth-order valence-corrected chi connectivity index (χ4v) is 2.84. The van der Waals surface area contributed by atoms with Gasteiger partial charge >= 0.3 is 5.97 Å². The summed E-state index contributed by atoms with van der Waals surface area (Å²) in [7, 11) is 0. The third-order valence-electron chi connectivity index (χ3n) is 2.55. The van der Waals surface area contributed by atoms with Crippen molar-refractivity contribution in [1.82, 2.24) is 4.98 Å². The molecule has 5 heteroatoms. The molecule has 0 atom stereocenters. The quantitative estimate of drug-likeness (QED) is 0.744. The number of thiazole rings is 1. The molecular formula is C12H8ClNO2S. The van der Waals surface area contributed by atoms with E-state index >= 15 is 0 Å². The fraction of sp³-hybridized carbons (Fsp3) is 0.167. The first-order valence-corrected chi connectivity index (χ1v) is 6.36. The van der Waals surface area contributed by atoms with E-state index in [4.69, 9.17) is 16.3 Å². The lowest BCUT2D eigenvalue weighted by molar-refractivity contribution is 0.0485. The highest BCUT2D eigenvalue weighted by atomic mass is 35.5. The van der Waals surface area contributed by atoms with Crippen LogP contribution in [-0.4, -0.2) is 17.6 Å². The second kappa shape index (κ2) is 4.13. The van der Waals surface area contributed by atoms with Crippen LogP contribution in [0.1, 0.15) is 15.4 Å². The average Bonchev–Trinajstić information content (AvgIpc) is 2.75. The highest BCUT2D eigenvalue weighted by molar-refractivity contribution is 7.17. The van der Waals surface area contributed by atoms with Crippen molar-refractivity contribution in [2.75, 3.05) is 6.61 Å². The Morgan fingerprint density at radius 1 is 1.29 bits per heavy atom. The van der Waals surface area contributed by atoms with Gasteiger partial charge in [-0.15, -0.1) is 11.3 Å². The van der Waals surface area contributed by atoms with Crippen LogP contribution in [0.4, 0.5) is 0 Å². The van der Waals surface area contributed by atoms with Crippen molar-refractivity contribution < 1.29 is 9.53 Å². The SMILES string of the molecule is O=C1OCCc2nc(-c3ccc(Cl)cc3)sc21. The van der Waals surface area contributed by atoms with Gasteiger partial charge in [0, 0.05) is 17.0 Å². The maximum Gasteiger partial charge on any atom is 0.350 e. The number of carbonyl (C=O) groups is 1. The molecule has 0 bridgehead atoms. The van der Waals surface area contributed by atoms with Crippen molar-refractivity contribution in [1.29, 1.82) is 0 Å². The summed E-state index contributed by atoms with van der Waals surface area (Å²) in [5.41, 5.74) is 1.82. The zero-order valence-electron chi connectivity index (χ0n) is 8.77. The van der Waals surface area contributed by atoms with Crippen molar-refractivity contribution in [3.63, 3.8) is 0 Å². The molecule has 0 saturated carbocycles. The molecule has 0 aliphatic carbocycles. The first-order valence-electron chi connectivity index (χ1n) is 5.17. The molecule has 1 aliphatic rings. The number of carbonyl (C=O) groups excluding carboxylic acids is 1. The number of aromatic nitrogens is 1. The lowest BCUT2D eigenvalue weighted by atomic mass is 10.2. The summed E-state index contributed by atoms with van der Waals surface area (Å²) in [6.45, 7) is 0.426. The van der Waals surface area contributed by atoms with E-state index in [2.05, 4.69) is 4.98 Å². The number of benzene rings is 1. The predicted octanol–water partition coefficient (Wildman–Crippen LogP) is 3.18. The van der Waals surface area contributed by atoms with Crippen LogP contribution in [0.15, 0.2) is 24.3 Å². The Kier molecular flexibility index (Phi) is 2.61. The molecule has 0 unspecified atom stereocenters. The van der Waals surface area contributed by atoms with Gasteiger partial charge in [0.2, 0.25) is 0 Å². The largest absolute Gasteiger partial charge is 0.461 e. The maximum atomic E-state index is 11.5. The Labute approximate surface area is 107 Å². The monoisotopic (exact) mass is 265 g/mol. The second-order valence-electron chi connectivity index (χ2n) is 3.69. The van der Waals surface area contributed by atoms with Gasteiger partial charge in [0.15, 0.2) is 0 Å². The maximum absolute atomic E-state index is 11.5. The van der Waals surface area contributed by atoms with E-state index in [9.17, 15) is 4.79 Å². The Balaban J connectivity index is 2.05. The van der Waals surface area contributed by atoms with Crippen LogP contribution < -0.4 is 0 Å². The number of hydrogen-bond acceptors (Lipinski definition) is 4. The third kappa shape index (κ3) is 1.94. The van der Waals surface area contributed by atoms with Crippen molar-refractivity contribution in [3.8, 4) is 10.6 Å². The molecule has 1 aromatic heterocycles. The molecule has 0 N–H and O–H groups in total. The molecular weight excluding hydrogens is 258 g/mol. The molecule has 0 amide bonds. The number of esters is 1. The number of fused-ring (bicyclic) bond motifs is 1. The number of cyclic esters (lactones) is 1. The minimum Gasteiger partial charge on any atom is -0.461 e. The van der Waals surface area contributed by atoms with Gasteiger partial charge in [-0.3, -0.25) is 0 Å². The number of rotatable bonds is 1. The Morgan fingerprint density at radius 2 is 2.06 bits per heavy atom. The van der Waals surface area contributed by atoms with Crippen LogP contribution in [0, 0.1) is 0 Å². The summed E-state index contributed by atoms with van der Waals surface area (Å²) >= 11 is 7.21. The summed E-state index contributed by atoms with van der Waals surface area (Å²) in [4.78, 5) is 16.6. The minimum absolute atomic E-state index is 0.260. The van der Waals surface area contributed by atoms with Gasteiger partial charge < -0.3 is 4.74 Å². The highest BCUT2D eigenvalue weighted by Crippen LogP contribution is 2.31. The molecule has 17 heavy (non-hydrogen) atoms. The van der Waals surface area contributed by atoms with Gasteiger partial charge in [-0.2, -0.15) is 0 Å². The van der Waals surface area contributed by atoms with Crippen LogP contribution in [0.5, 0.6) is 0 Å². The molecule has 3 nitrogen and oxygen atoms in total. The van der Waals surface area contributed by atoms with Gasteiger partial charge in [0.1, 0.15) is 9.88 Å². The summed E-state index contributed by atoms with van der Waals surface area (Å²) < 4.78 is 4.98. The van der Waals surface area contributed by atoms with E-state index in [0.717, 1.165) is 16.3 Å². The zero-order valence-corrected chi connectivity index (χ0v) is 10.3. The Hall–Kier alpha value is -1.39. The van der Waals surface area contributed by atoms with Crippen molar-refractivity contribution in [2.45, 2.75) is 6.42 Å². The lowest BCUT2D eigenvalue weighted by Crippen LogP contribution is -2.15. The lowest BCUT2D eigenvalue weighted by Gasteiger charge is -2.08. The molecule has 3 rings (SSSR count). The summed E-state index contributed by atoms with van der Waals surface area (Å²) in [6, 6.07) is 7.43. The molecule has 2 heterocycles. The van der Waals surface area contributed by atoms with E-state index in [-0.39, 0.29) is 5.97 Å². The summed E-state index contributed by atoms with van der Waals surface area (Å²) in [5.74, 6) is -0.260. The van der Waals surface area contributed by atoms with E-state index in [1.165, 1.54) is 11.3 Å². The van der Waals surface area contributed by atoms with E-state index in [1.807, 2.05) is 24.3 Å². The summed E-state index contributed by atoms with van der Waals surface area (Å²) in [5, 5.41) is 1.53. The smallest absolute Gasteiger partial charge is 0.350 e. The van der Waals surface area contributed by atoms with Crippen LogP contribution >= 0.6 is 22.9 Å². The molecule has 0 fully saturated rings. The number of hydrogen-bond donors (Lipinski definition) is 0. The van der Waals surface area contributed by atoms with Crippen LogP contribution in [0.25, 0.3) is 10.6 Å². The van der Waals surface area contributed by atoms with Crippen molar-refractivity contribution in [2.24, 2.45) is 0 Å². The zero-order chi connectivity index (χ0) is 11.8. The van der Waals surface area contributed by atoms with Crippen molar-refractivity contribution >= 4 is 28.9 Å². The van der Waals surface area contributed by atoms with Gasteiger partial charge in [0.05, 0.1) is 12.3 Å². The number of nitrogens with zero attached hydrogens (tertiary/aromatic N) is 1. The Morgan fingerprint density at radius 3 is 2.76 bits per heavy atom. The first kappa shape index (κ1) is 10.7. The first-order chi connectivity index (χ1) is 8.24. The molecule has 0 saturated heterocycles. The number of halogens is 1. The predicted molar refractivity (Wildman–Crippen MR) is 66.5 cm³/mol. The van der Waals surface area contributed by atoms with Crippen LogP contribution in [0.3, 0.4) is 0 Å². The second-order valence-corrected chi connectivity index (χ2v) is 5.12. The fourth-order valence-electron chi connectivity index (χ4n) is 1.70. The molecule has 1 aromatic carbocycles. The molecule has 2 aromatic rings. The molecule has 0 radical (unpaired) electrons. The van der Waals surface area contributed by atoms with Gasteiger partial charge in [0.25, 0.3) is 0 Å². The molecule has 1 aliphatic heterocycles. The van der Waals surface area contributed by atoms with E-state index in [1.54, 1.807) is 0 Å². The highest BCUT2D eigenvalue weighted by Gasteiger charge is 2.23. The number of ether oxygens (including phenoxy) is 1. The van der Waals surface area contributed by atoms with Crippen LogP contribution in [0.2, 0.25) is 5.02 Å². The Bertz CT molecular complexity index is 577. The van der Waals surface area contributed by atoms with E-state index < -0.39 is 0 Å². The average molecular weight is 266 g/mol. The third-order valence-corrected chi connectivity index (χ3v) is 3.92. The molecule has 0 spiro atoms. The standard InChI is InChI=1S/C12H8ClNO2S/c13-8-3-1-7(2-4-8)11-14-9-5-6-16-12(15)10(9)17-11/h1-4H,5-6H2. The van der Waals surface area contributed by atoms with Gasteiger partial charge in [-0.25, -0.2) is 9.78 Å². The normalized spacial score (nSPS) is 14.3. The van der Waals surface area contributed by atoms with Gasteiger partial charge in [-0.05, 0) is 12.1 Å². The summed E-state index contributed by atoms with van der Waals surface area (Å²) in [6.07, 6.45) is 0.700.